The third-order valence-electron chi connectivity index (χ3n) is 3.93. The average Bonchev–Trinajstić information content (AvgIpc) is 3.06. The van der Waals surface area contributed by atoms with Crippen LogP contribution in [0, 0.1) is 0 Å². The van der Waals surface area contributed by atoms with Crippen LogP contribution in [0.2, 0.25) is 0 Å². The quantitative estimate of drug-likeness (QED) is 0.558. The zero-order chi connectivity index (χ0) is 18.1. The van der Waals surface area contributed by atoms with Crippen molar-refractivity contribution in [2.45, 2.75) is 33.0 Å². The summed E-state index contributed by atoms with van der Waals surface area (Å²) in [6, 6.07) is 8.49. The van der Waals surface area contributed by atoms with Crippen LogP contribution in [0.15, 0.2) is 35.6 Å². The van der Waals surface area contributed by atoms with Gasteiger partial charge >= 0.3 is 0 Å². The summed E-state index contributed by atoms with van der Waals surface area (Å²) in [6.45, 7) is 5.34. The number of nitrogens with zero attached hydrogens (tertiary/aromatic N) is 5. The fraction of sp³-hybridized carbons (Fsp3) is 0.500. The molecule has 0 amide bonds. The highest BCUT2D eigenvalue weighted by atomic mass is 15.3. The zero-order valence-electron chi connectivity index (χ0n) is 15.7. The molecule has 7 nitrogen and oxygen atoms in total. The minimum Gasteiger partial charge on any atom is -0.355 e. The van der Waals surface area contributed by atoms with Crippen molar-refractivity contribution in [3.8, 4) is 0 Å². The van der Waals surface area contributed by atoms with Gasteiger partial charge in [-0.1, -0.05) is 31.2 Å². The molecule has 0 atom stereocenters. The van der Waals surface area contributed by atoms with Crippen molar-refractivity contribution in [1.82, 2.24) is 30.3 Å². The molecule has 25 heavy (non-hydrogen) atoms. The summed E-state index contributed by atoms with van der Waals surface area (Å²) in [5.41, 5.74) is 2.61. The molecule has 0 saturated carbocycles. The highest BCUT2D eigenvalue weighted by molar-refractivity contribution is 5.79. The van der Waals surface area contributed by atoms with Gasteiger partial charge in [-0.2, -0.15) is 0 Å². The van der Waals surface area contributed by atoms with E-state index >= 15 is 0 Å². The Kier molecular flexibility index (Phi) is 7.40. The standard InChI is InChI=1S/C18H29N7/c1-5-17-23-22-14-25(17)11-10-20-18(19-2)21-12-15-8-6-7-9-16(15)13-24(3)4/h6-9,14H,5,10-13H2,1-4H3,(H2,19,20,21). The minimum absolute atomic E-state index is 0.747. The van der Waals surface area contributed by atoms with E-state index in [0.717, 1.165) is 44.4 Å². The van der Waals surface area contributed by atoms with Crippen molar-refractivity contribution in [2.24, 2.45) is 4.99 Å². The Bertz CT molecular complexity index is 676. The van der Waals surface area contributed by atoms with Crippen LogP contribution >= 0.6 is 0 Å². The van der Waals surface area contributed by atoms with Gasteiger partial charge in [0.05, 0.1) is 0 Å². The Labute approximate surface area is 150 Å². The van der Waals surface area contributed by atoms with Crippen LogP contribution in [0.5, 0.6) is 0 Å². The second-order valence-electron chi connectivity index (χ2n) is 6.15. The lowest BCUT2D eigenvalue weighted by molar-refractivity contribution is 0.400. The lowest BCUT2D eigenvalue weighted by Gasteiger charge is -2.16. The van der Waals surface area contributed by atoms with Gasteiger partial charge in [0.1, 0.15) is 12.2 Å². The summed E-state index contributed by atoms with van der Waals surface area (Å²) in [5, 5.41) is 14.8. The Morgan fingerprint density at radius 2 is 1.96 bits per heavy atom. The van der Waals surface area contributed by atoms with E-state index in [9.17, 15) is 0 Å². The van der Waals surface area contributed by atoms with Crippen LogP contribution in [0.25, 0.3) is 0 Å². The second kappa shape index (κ2) is 9.78. The molecule has 0 spiro atoms. The second-order valence-corrected chi connectivity index (χ2v) is 6.15. The van der Waals surface area contributed by atoms with Crippen LogP contribution in [-0.2, 0) is 26.1 Å². The van der Waals surface area contributed by atoms with Crippen molar-refractivity contribution >= 4 is 5.96 Å². The number of aliphatic imine (C=N–C) groups is 1. The Hall–Kier alpha value is -2.41. The van der Waals surface area contributed by atoms with E-state index in [1.165, 1.54) is 11.1 Å². The molecular formula is C18H29N7. The number of hydrogen-bond donors (Lipinski definition) is 2. The van der Waals surface area contributed by atoms with Gasteiger partial charge in [-0.3, -0.25) is 4.99 Å². The predicted octanol–water partition coefficient (Wildman–Crippen LogP) is 1.27. The Morgan fingerprint density at radius 3 is 2.64 bits per heavy atom. The molecule has 0 unspecified atom stereocenters. The molecule has 0 saturated heterocycles. The first-order chi connectivity index (χ1) is 12.1. The van der Waals surface area contributed by atoms with Crippen molar-refractivity contribution in [1.29, 1.82) is 0 Å². The maximum atomic E-state index is 4.30. The first kappa shape index (κ1) is 18.9. The van der Waals surface area contributed by atoms with Gasteiger partial charge in [-0.25, -0.2) is 0 Å². The summed E-state index contributed by atoms with van der Waals surface area (Å²) >= 11 is 0. The zero-order valence-corrected chi connectivity index (χ0v) is 15.7. The molecule has 2 aromatic rings. The van der Waals surface area contributed by atoms with E-state index in [-0.39, 0.29) is 0 Å². The van der Waals surface area contributed by atoms with Crippen molar-refractivity contribution in [3.05, 3.63) is 47.5 Å². The Morgan fingerprint density at radius 1 is 1.20 bits per heavy atom. The van der Waals surface area contributed by atoms with Crippen molar-refractivity contribution in [2.75, 3.05) is 27.7 Å². The topological polar surface area (TPSA) is 70.4 Å². The number of benzene rings is 1. The van der Waals surface area contributed by atoms with Gasteiger partial charge in [-0.05, 0) is 25.2 Å². The molecule has 0 radical (unpaired) electrons. The monoisotopic (exact) mass is 343 g/mol. The highest BCUT2D eigenvalue weighted by Gasteiger charge is 2.05. The first-order valence-electron chi connectivity index (χ1n) is 8.66. The van der Waals surface area contributed by atoms with Gasteiger partial charge in [0.2, 0.25) is 0 Å². The van der Waals surface area contributed by atoms with E-state index in [1.807, 2.05) is 0 Å². The van der Waals surface area contributed by atoms with E-state index in [2.05, 4.69) is 80.6 Å². The number of aryl methyl sites for hydroxylation is 1. The van der Waals surface area contributed by atoms with Gasteiger partial charge in [0, 0.05) is 39.6 Å². The summed E-state index contributed by atoms with van der Waals surface area (Å²) in [6.07, 6.45) is 2.66. The SMILES string of the molecule is CCc1nncn1CCNC(=NC)NCc1ccccc1CN(C)C. The maximum absolute atomic E-state index is 4.30. The molecule has 1 aromatic carbocycles. The number of rotatable bonds is 8. The number of nitrogens with one attached hydrogen (secondary N) is 2. The predicted molar refractivity (Wildman–Crippen MR) is 101 cm³/mol. The van der Waals surface area contributed by atoms with Crippen molar-refractivity contribution in [3.63, 3.8) is 0 Å². The fourth-order valence-corrected chi connectivity index (χ4v) is 2.66. The van der Waals surface area contributed by atoms with Gasteiger partial charge in [0.15, 0.2) is 5.96 Å². The van der Waals surface area contributed by atoms with Crippen LogP contribution < -0.4 is 10.6 Å². The lowest BCUT2D eigenvalue weighted by Crippen LogP contribution is -2.38. The minimum atomic E-state index is 0.747. The molecule has 2 N–H and O–H groups in total. The van der Waals surface area contributed by atoms with Crippen LogP contribution in [-0.4, -0.2) is 53.3 Å². The third-order valence-corrected chi connectivity index (χ3v) is 3.93. The maximum Gasteiger partial charge on any atom is 0.191 e. The smallest absolute Gasteiger partial charge is 0.191 e. The summed E-state index contributed by atoms with van der Waals surface area (Å²) in [5.74, 6) is 1.80. The van der Waals surface area contributed by atoms with Gasteiger partial charge in [-0.15, -0.1) is 10.2 Å². The van der Waals surface area contributed by atoms with E-state index in [1.54, 1.807) is 13.4 Å². The molecule has 2 rings (SSSR count). The summed E-state index contributed by atoms with van der Waals surface area (Å²) < 4.78 is 2.06. The van der Waals surface area contributed by atoms with E-state index < -0.39 is 0 Å². The van der Waals surface area contributed by atoms with E-state index in [4.69, 9.17) is 0 Å². The van der Waals surface area contributed by atoms with Crippen LogP contribution in [0.3, 0.4) is 0 Å². The Balaban J connectivity index is 1.84. The lowest BCUT2D eigenvalue weighted by atomic mass is 10.1. The largest absolute Gasteiger partial charge is 0.355 e. The third kappa shape index (κ3) is 5.86. The molecule has 7 heteroatoms. The van der Waals surface area contributed by atoms with Gasteiger partial charge in [0.25, 0.3) is 0 Å². The molecule has 1 heterocycles. The van der Waals surface area contributed by atoms with Gasteiger partial charge < -0.3 is 20.1 Å². The molecule has 136 valence electrons. The fourth-order valence-electron chi connectivity index (χ4n) is 2.66. The molecule has 0 bridgehead atoms. The molecule has 0 aliphatic carbocycles. The summed E-state index contributed by atoms with van der Waals surface area (Å²) in [7, 11) is 5.96. The molecular weight excluding hydrogens is 314 g/mol. The first-order valence-corrected chi connectivity index (χ1v) is 8.66. The number of guanidine groups is 1. The average molecular weight is 343 g/mol. The summed E-state index contributed by atoms with van der Waals surface area (Å²) in [4.78, 5) is 6.48. The van der Waals surface area contributed by atoms with E-state index in [0.29, 0.717) is 0 Å². The number of aromatic nitrogens is 3. The van der Waals surface area contributed by atoms with Crippen molar-refractivity contribution < 1.29 is 0 Å². The number of hydrogen-bond acceptors (Lipinski definition) is 4. The highest BCUT2D eigenvalue weighted by Crippen LogP contribution is 2.10. The molecule has 0 aliphatic rings. The molecule has 1 aromatic heterocycles. The normalized spacial score (nSPS) is 11.8. The molecule has 0 aliphatic heterocycles. The molecule has 0 fully saturated rings. The van der Waals surface area contributed by atoms with Crippen LogP contribution in [0.1, 0.15) is 23.9 Å². The van der Waals surface area contributed by atoms with Crippen LogP contribution in [0.4, 0.5) is 0 Å².